The van der Waals surface area contributed by atoms with Gasteiger partial charge in [0.05, 0.1) is 0 Å². The number of nitrogens with two attached hydrogens (primary N) is 2. The molecule has 0 fully saturated rings. The van der Waals surface area contributed by atoms with Crippen LogP contribution >= 0.6 is 0 Å². The number of hydrogen-bond acceptors (Lipinski definition) is 2. The minimum Gasteiger partial charge on any atom is -0.399 e. The van der Waals surface area contributed by atoms with Gasteiger partial charge in [0.2, 0.25) is 0 Å². The first-order valence-electron chi connectivity index (χ1n) is 22.3. The molecule has 4 aromatic carbocycles. The molecule has 4 N–H and O–H groups in total. The Bertz CT molecular complexity index is 1480. The van der Waals surface area contributed by atoms with Gasteiger partial charge in [-0.25, -0.2) is 0 Å². The summed E-state index contributed by atoms with van der Waals surface area (Å²) in [6, 6.07) is 32.5. The number of aryl methyl sites for hydroxylation is 2. The number of nitrogen functional groups attached to an aromatic ring is 2. The van der Waals surface area contributed by atoms with E-state index in [1.54, 1.807) is 0 Å². The quantitative estimate of drug-likeness (QED) is 0.0499. The van der Waals surface area contributed by atoms with Crippen molar-refractivity contribution in [2.45, 2.75) is 181 Å². The molecule has 0 spiro atoms. The average molecular weight is 729 g/mol. The van der Waals surface area contributed by atoms with Crippen molar-refractivity contribution in [2.24, 2.45) is 0 Å². The normalized spacial score (nSPS) is 13.2. The molecule has 0 saturated carbocycles. The second-order valence-electron chi connectivity index (χ2n) is 16.5. The number of benzene rings is 4. The zero-order valence-corrected chi connectivity index (χ0v) is 35.1. The lowest BCUT2D eigenvalue weighted by molar-refractivity contribution is 0.550. The summed E-state index contributed by atoms with van der Waals surface area (Å²) in [7, 11) is 0. The SMILES string of the molecule is CCCCCCCCCCC(c1ccc(C(CCC)c2ccc(C(CCCCCCCCCC)c3ccc(N)cc3C)cc2)cc1)c1ccc(N)cc1C. The molecule has 0 aromatic heterocycles. The van der Waals surface area contributed by atoms with Gasteiger partial charge in [0, 0.05) is 29.1 Å². The van der Waals surface area contributed by atoms with Crippen molar-refractivity contribution < 1.29 is 0 Å². The fraction of sp³-hybridized carbons (Fsp3) is 0.538. The third-order valence-electron chi connectivity index (χ3n) is 12.1. The molecule has 0 saturated heterocycles. The molecule has 0 amide bonds. The van der Waals surface area contributed by atoms with Crippen LogP contribution in [0.4, 0.5) is 11.4 Å². The van der Waals surface area contributed by atoms with E-state index < -0.39 is 0 Å². The third-order valence-corrected chi connectivity index (χ3v) is 12.1. The molecule has 0 aliphatic rings. The van der Waals surface area contributed by atoms with Gasteiger partial charge in [-0.15, -0.1) is 0 Å². The zero-order valence-electron chi connectivity index (χ0n) is 35.1. The van der Waals surface area contributed by atoms with Gasteiger partial charge in [-0.2, -0.15) is 0 Å². The Kier molecular flexibility index (Phi) is 19.3. The fourth-order valence-electron chi connectivity index (χ4n) is 8.88. The van der Waals surface area contributed by atoms with Crippen molar-refractivity contribution in [2.75, 3.05) is 11.5 Å². The lowest BCUT2D eigenvalue weighted by atomic mass is 9.81. The summed E-state index contributed by atoms with van der Waals surface area (Å²) in [6.07, 6.45) is 26.3. The molecule has 0 radical (unpaired) electrons. The molecule has 4 rings (SSSR count). The lowest BCUT2D eigenvalue weighted by Crippen LogP contribution is -2.07. The fourth-order valence-corrected chi connectivity index (χ4v) is 8.88. The molecule has 2 unspecified atom stereocenters. The van der Waals surface area contributed by atoms with E-state index in [9.17, 15) is 0 Å². The molecular weight excluding hydrogens is 653 g/mol. The summed E-state index contributed by atoms with van der Waals surface area (Å²) in [4.78, 5) is 0. The van der Waals surface area contributed by atoms with Crippen molar-refractivity contribution in [1.29, 1.82) is 0 Å². The summed E-state index contributed by atoms with van der Waals surface area (Å²) in [5.74, 6) is 1.20. The predicted molar refractivity (Wildman–Crippen MR) is 239 cm³/mol. The van der Waals surface area contributed by atoms with E-state index in [1.165, 1.54) is 160 Å². The highest BCUT2D eigenvalue weighted by Gasteiger charge is 2.21. The van der Waals surface area contributed by atoms with E-state index in [-0.39, 0.29) is 0 Å². The Labute approximate surface area is 332 Å². The van der Waals surface area contributed by atoms with Gasteiger partial charge in [-0.05, 0) is 102 Å². The van der Waals surface area contributed by atoms with Gasteiger partial charge in [-0.1, -0.05) is 191 Å². The van der Waals surface area contributed by atoms with Crippen LogP contribution in [-0.2, 0) is 0 Å². The minimum atomic E-state index is 0.395. The maximum absolute atomic E-state index is 6.21. The molecule has 0 aliphatic carbocycles. The van der Waals surface area contributed by atoms with Crippen LogP contribution in [-0.4, -0.2) is 0 Å². The van der Waals surface area contributed by atoms with E-state index in [0.29, 0.717) is 17.8 Å². The van der Waals surface area contributed by atoms with E-state index in [2.05, 4.69) is 120 Å². The Hall–Kier alpha value is -3.52. The maximum atomic E-state index is 6.21. The van der Waals surface area contributed by atoms with E-state index in [1.807, 2.05) is 0 Å². The lowest BCUT2D eigenvalue weighted by Gasteiger charge is -2.24. The van der Waals surface area contributed by atoms with Gasteiger partial charge in [0.1, 0.15) is 0 Å². The van der Waals surface area contributed by atoms with Crippen molar-refractivity contribution in [3.63, 3.8) is 0 Å². The summed E-state index contributed by atoms with van der Waals surface area (Å²) in [5.41, 5.74) is 25.3. The van der Waals surface area contributed by atoms with Gasteiger partial charge in [0.15, 0.2) is 0 Å². The summed E-state index contributed by atoms with van der Waals surface area (Å²) < 4.78 is 0. The summed E-state index contributed by atoms with van der Waals surface area (Å²) in [6.45, 7) is 11.4. The highest BCUT2D eigenvalue weighted by atomic mass is 14.5. The molecule has 0 heterocycles. The average Bonchev–Trinajstić information content (AvgIpc) is 3.17. The van der Waals surface area contributed by atoms with Gasteiger partial charge in [0.25, 0.3) is 0 Å². The van der Waals surface area contributed by atoms with Crippen LogP contribution in [0.25, 0.3) is 0 Å². The number of unbranched alkanes of at least 4 members (excludes halogenated alkanes) is 14. The van der Waals surface area contributed by atoms with Crippen LogP contribution < -0.4 is 11.5 Å². The van der Waals surface area contributed by atoms with Gasteiger partial charge in [-0.3, -0.25) is 0 Å². The van der Waals surface area contributed by atoms with Crippen LogP contribution in [0.3, 0.4) is 0 Å². The highest BCUT2D eigenvalue weighted by Crippen LogP contribution is 2.38. The van der Waals surface area contributed by atoms with Crippen molar-refractivity contribution in [3.05, 3.63) is 129 Å². The molecule has 2 heteroatoms. The summed E-state index contributed by atoms with van der Waals surface area (Å²) in [5, 5.41) is 0. The van der Waals surface area contributed by atoms with E-state index in [0.717, 1.165) is 24.2 Å². The Morgan fingerprint density at radius 2 is 0.667 bits per heavy atom. The second-order valence-corrected chi connectivity index (χ2v) is 16.5. The van der Waals surface area contributed by atoms with Crippen molar-refractivity contribution >= 4 is 11.4 Å². The molecule has 0 bridgehead atoms. The first kappa shape index (κ1) is 43.2. The molecule has 294 valence electrons. The maximum Gasteiger partial charge on any atom is 0.0316 e. The van der Waals surface area contributed by atoms with Crippen LogP contribution in [0.2, 0.25) is 0 Å². The van der Waals surface area contributed by atoms with Gasteiger partial charge >= 0.3 is 0 Å². The predicted octanol–water partition coefficient (Wildman–Crippen LogP) is 15.7. The Balaban J connectivity index is 1.49. The molecule has 2 atom stereocenters. The minimum absolute atomic E-state index is 0.395. The molecular formula is C52H76N2. The van der Waals surface area contributed by atoms with Gasteiger partial charge < -0.3 is 11.5 Å². The van der Waals surface area contributed by atoms with Crippen LogP contribution in [0, 0.1) is 13.8 Å². The first-order chi connectivity index (χ1) is 26.4. The Morgan fingerprint density at radius 3 is 0.981 bits per heavy atom. The van der Waals surface area contributed by atoms with Crippen LogP contribution in [0.1, 0.15) is 211 Å². The molecule has 2 nitrogen and oxygen atoms in total. The third kappa shape index (κ3) is 13.6. The molecule has 54 heavy (non-hydrogen) atoms. The van der Waals surface area contributed by atoms with Crippen LogP contribution in [0.15, 0.2) is 84.9 Å². The summed E-state index contributed by atoms with van der Waals surface area (Å²) >= 11 is 0. The highest BCUT2D eigenvalue weighted by molar-refractivity contribution is 5.50. The van der Waals surface area contributed by atoms with E-state index >= 15 is 0 Å². The standard InChI is InChI=1S/C52H76N2/c1-6-9-11-13-15-17-19-21-24-51(48-36-34-46(53)38-40(48)4)44-30-26-42(27-31-44)50(23-8-3)43-28-32-45(33-29-43)52(49-37-35-47(54)39-41(49)5)25-22-20-18-16-14-12-10-7-2/h26-39,50-52H,6-25,53-54H2,1-5H3. The van der Waals surface area contributed by atoms with Crippen molar-refractivity contribution in [3.8, 4) is 0 Å². The zero-order chi connectivity index (χ0) is 38.5. The van der Waals surface area contributed by atoms with Crippen LogP contribution in [0.5, 0.6) is 0 Å². The first-order valence-corrected chi connectivity index (χ1v) is 22.3. The number of rotatable bonds is 26. The largest absolute Gasteiger partial charge is 0.399 e. The molecule has 0 aliphatic heterocycles. The van der Waals surface area contributed by atoms with E-state index in [4.69, 9.17) is 11.5 Å². The number of anilines is 2. The Morgan fingerprint density at radius 1 is 0.352 bits per heavy atom. The second kappa shape index (κ2) is 24.1. The molecule has 4 aromatic rings. The van der Waals surface area contributed by atoms with Crippen molar-refractivity contribution in [1.82, 2.24) is 0 Å². The monoisotopic (exact) mass is 729 g/mol. The smallest absolute Gasteiger partial charge is 0.0316 e. The number of hydrogen-bond donors (Lipinski definition) is 2. The topological polar surface area (TPSA) is 52.0 Å².